The van der Waals surface area contributed by atoms with Gasteiger partial charge in [-0.2, -0.15) is 0 Å². The van der Waals surface area contributed by atoms with E-state index in [1.54, 1.807) is 18.2 Å². The minimum atomic E-state index is -1.36. The molecule has 0 aromatic heterocycles. The molecule has 0 bridgehead atoms. The Kier molecular flexibility index (Phi) is 4.96. The first-order valence-corrected chi connectivity index (χ1v) is 7.49. The lowest BCUT2D eigenvalue weighted by Gasteiger charge is -2.11. The molecule has 0 saturated carbocycles. The fourth-order valence-corrected chi connectivity index (χ4v) is 2.26. The summed E-state index contributed by atoms with van der Waals surface area (Å²) in [5, 5.41) is 0. The first-order chi connectivity index (χ1) is 10.5. The maximum atomic E-state index is 12.4. The van der Waals surface area contributed by atoms with E-state index in [0.717, 1.165) is 0 Å². The molecule has 1 aliphatic rings. The molecule has 1 aliphatic carbocycles. The van der Waals surface area contributed by atoms with Crippen LogP contribution in [-0.4, -0.2) is 30.2 Å². The van der Waals surface area contributed by atoms with Crippen molar-refractivity contribution < 1.29 is 23.9 Å². The second kappa shape index (κ2) is 6.73. The van der Waals surface area contributed by atoms with Crippen molar-refractivity contribution in [2.45, 2.75) is 39.7 Å². The van der Waals surface area contributed by atoms with E-state index in [2.05, 4.69) is 0 Å². The number of ketones is 2. The minimum Gasteiger partial charge on any atom is -0.493 e. The number of carbonyl (C=O) groups is 3. The fourth-order valence-electron chi connectivity index (χ4n) is 2.26. The predicted octanol–water partition coefficient (Wildman–Crippen LogP) is 2.81. The molecule has 5 heteroatoms. The minimum absolute atomic E-state index is 0.185. The highest BCUT2D eigenvalue weighted by Gasteiger charge is 2.43. The molecule has 0 N–H and O–H groups in total. The SMILES string of the molecule is CCCC(=O)OC1C(=O)c2cccc(OCC(C)C)c2C1=O. The van der Waals surface area contributed by atoms with Crippen molar-refractivity contribution in [3.05, 3.63) is 29.3 Å². The Balaban J connectivity index is 2.25. The van der Waals surface area contributed by atoms with E-state index in [0.29, 0.717) is 24.7 Å². The van der Waals surface area contributed by atoms with Crippen LogP contribution in [-0.2, 0) is 9.53 Å². The quantitative estimate of drug-likeness (QED) is 0.597. The van der Waals surface area contributed by atoms with Crippen molar-refractivity contribution in [2.24, 2.45) is 5.92 Å². The number of benzene rings is 1. The van der Waals surface area contributed by atoms with Gasteiger partial charge in [0.25, 0.3) is 0 Å². The van der Waals surface area contributed by atoms with Crippen LogP contribution in [0.5, 0.6) is 5.75 Å². The van der Waals surface area contributed by atoms with Crippen molar-refractivity contribution in [1.29, 1.82) is 0 Å². The van der Waals surface area contributed by atoms with Crippen LogP contribution in [0.4, 0.5) is 0 Å². The molecule has 0 radical (unpaired) electrons. The summed E-state index contributed by atoms with van der Waals surface area (Å²) in [6, 6.07) is 4.88. The summed E-state index contributed by atoms with van der Waals surface area (Å²) in [5.41, 5.74) is 0.489. The van der Waals surface area contributed by atoms with Crippen LogP contribution in [0.1, 0.15) is 54.3 Å². The first-order valence-electron chi connectivity index (χ1n) is 7.49. The maximum Gasteiger partial charge on any atom is 0.306 e. The van der Waals surface area contributed by atoms with Gasteiger partial charge in [-0.3, -0.25) is 14.4 Å². The van der Waals surface area contributed by atoms with Gasteiger partial charge in [0.05, 0.1) is 12.2 Å². The summed E-state index contributed by atoms with van der Waals surface area (Å²) in [7, 11) is 0. The van der Waals surface area contributed by atoms with Crippen molar-refractivity contribution in [2.75, 3.05) is 6.61 Å². The molecule has 0 heterocycles. The number of rotatable bonds is 6. The molecule has 0 spiro atoms. The van der Waals surface area contributed by atoms with Crippen LogP contribution in [0.2, 0.25) is 0 Å². The van der Waals surface area contributed by atoms with Gasteiger partial charge < -0.3 is 9.47 Å². The van der Waals surface area contributed by atoms with Gasteiger partial charge in [-0.1, -0.05) is 32.9 Å². The van der Waals surface area contributed by atoms with Crippen molar-refractivity contribution >= 4 is 17.5 Å². The monoisotopic (exact) mass is 304 g/mol. The lowest BCUT2D eigenvalue weighted by molar-refractivity contribution is -0.145. The van der Waals surface area contributed by atoms with Crippen LogP contribution < -0.4 is 4.74 Å². The summed E-state index contributed by atoms with van der Waals surface area (Å²) in [5.74, 6) is -0.838. The molecule has 1 unspecified atom stereocenters. The largest absolute Gasteiger partial charge is 0.493 e. The Labute approximate surface area is 129 Å². The van der Waals surface area contributed by atoms with Gasteiger partial charge in [-0.05, 0) is 18.4 Å². The third kappa shape index (κ3) is 3.18. The molecule has 1 atom stereocenters. The average molecular weight is 304 g/mol. The smallest absolute Gasteiger partial charge is 0.306 e. The number of hydrogen-bond acceptors (Lipinski definition) is 5. The topological polar surface area (TPSA) is 69.7 Å². The lowest BCUT2D eigenvalue weighted by atomic mass is 10.1. The van der Waals surface area contributed by atoms with Gasteiger partial charge >= 0.3 is 5.97 Å². The molecule has 1 aromatic rings. The third-order valence-electron chi connectivity index (χ3n) is 3.29. The molecule has 0 saturated heterocycles. The molecular formula is C17H20O5. The Morgan fingerprint density at radius 2 is 1.95 bits per heavy atom. The predicted molar refractivity (Wildman–Crippen MR) is 80.2 cm³/mol. The van der Waals surface area contributed by atoms with Gasteiger partial charge in [0.2, 0.25) is 17.7 Å². The molecular weight excluding hydrogens is 284 g/mol. The normalized spacial score (nSPS) is 16.8. The molecule has 5 nitrogen and oxygen atoms in total. The van der Waals surface area contributed by atoms with Gasteiger partial charge in [-0.25, -0.2) is 0 Å². The summed E-state index contributed by atoms with van der Waals surface area (Å²) >= 11 is 0. The van der Waals surface area contributed by atoms with Crippen LogP contribution in [0.15, 0.2) is 18.2 Å². The maximum absolute atomic E-state index is 12.4. The first kappa shape index (κ1) is 16.2. The van der Waals surface area contributed by atoms with E-state index >= 15 is 0 Å². The Morgan fingerprint density at radius 1 is 1.23 bits per heavy atom. The van der Waals surface area contributed by atoms with Crippen molar-refractivity contribution in [3.8, 4) is 5.75 Å². The van der Waals surface area contributed by atoms with Crippen LogP contribution in [0, 0.1) is 5.92 Å². The van der Waals surface area contributed by atoms with Gasteiger partial charge in [-0.15, -0.1) is 0 Å². The molecule has 0 fully saturated rings. The lowest BCUT2D eigenvalue weighted by Crippen LogP contribution is -2.28. The summed E-state index contributed by atoms with van der Waals surface area (Å²) in [6.07, 6.45) is -0.578. The zero-order chi connectivity index (χ0) is 16.3. The second-order valence-electron chi connectivity index (χ2n) is 5.73. The van der Waals surface area contributed by atoms with Gasteiger partial charge in [0.1, 0.15) is 5.75 Å². The van der Waals surface area contributed by atoms with Crippen molar-refractivity contribution in [3.63, 3.8) is 0 Å². The highest BCUT2D eigenvalue weighted by atomic mass is 16.6. The van der Waals surface area contributed by atoms with Gasteiger partial charge in [0, 0.05) is 12.0 Å². The van der Waals surface area contributed by atoms with Crippen LogP contribution in [0.3, 0.4) is 0 Å². The number of ether oxygens (including phenoxy) is 2. The van der Waals surface area contributed by atoms with E-state index in [4.69, 9.17) is 9.47 Å². The Bertz CT molecular complexity index is 603. The summed E-state index contributed by atoms with van der Waals surface area (Å²) < 4.78 is 10.7. The average Bonchev–Trinajstić information content (AvgIpc) is 2.71. The molecule has 2 rings (SSSR count). The Hall–Kier alpha value is -2.17. The number of esters is 1. The van der Waals surface area contributed by atoms with Crippen LogP contribution in [0.25, 0.3) is 0 Å². The molecule has 22 heavy (non-hydrogen) atoms. The molecule has 1 aromatic carbocycles. The third-order valence-corrected chi connectivity index (χ3v) is 3.29. The Morgan fingerprint density at radius 3 is 2.59 bits per heavy atom. The zero-order valence-electron chi connectivity index (χ0n) is 13.0. The highest BCUT2D eigenvalue weighted by Crippen LogP contribution is 2.32. The molecule has 118 valence electrons. The number of carbonyl (C=O) groups excluding carboxylic acids is 3. The van der Waals surface area contributed by atoms with E-state index in [9.17, 15) is 14.4 Å². The number of Topliss-reactive ketones (excluding diaryl/α,β-unsaturated/α-hetero) is 2. The van der Waals surface area contributed by atoms with E-state index in [1.165, 1.54) is 0 Å². The molecule has 0 aliphatic heterocycles. The number of fused-ring (bicyclic) bond motifs is 1. The summed E-state index contributed by atoms with van der Waals surface area (Å²) in [4.78, 5) is 36.3. The molecule has 0 amide bonds. The van der Waals surface area contributed by atoms with E-state index in [-0.39, 0.29) is 17.5 Å². The highest BCUT2D eigenvalue weighted by molar-refractivity contribution is 6.30. The van der Waals surface area contributed by atoms with Crippen molar-refractivity contribution in [1.82, 2.24) is 0 Å². The second-order valence-corrected chi connectivity index (χ2v) is 5.73. The number of hydrogen-bond donors (Lipinski definition) is 0. The van der Waals surface area contributed by atoms with E-state index < -0.39 is 23.6 Å². The summed E-state index contributed by atoms with van der Waals surface area (Å²) in [6.45, 7) is 6.25. The van der Waals surface area contributed by atoms with Crippen LogP contribution >= 0.6 is 0 Å². The standard InChI is InChI=1S/C17H20O5/c1-4-6-13(18)22-17-15(19)11-7-5-8-12(14(11)16(17)20)21-9-10(2)3/h5,7-8,10,17H,4,6,9H2,1-3H3. The zero-order valence-corrected chi connectivity index (χ0v) is 13.0. The fraction of sp³-hybridized carbons (Fsp3) is 0.471. The van der Waals surface area contributed by atoms with E-state index in [1.807, 2.05) is 20.8 Å². The van der Waals surface area contributed by atoms with Gasteiger partial charge in [0.15, 0.2) is 0 Å².